The molecule has 1 rings (SSSR count). The molecule has 0 spiro atoms. The minimum Gasteiger partial charge on any atom is -0.484 e. The van der Waals surface area contributed by atoms with Gasteiger partial charge in [-0.05, 0) is 18.6 Å². The van der Waals surface area contributed by atoms with Crippen molar-refractivity contribution in [1.29, 1.82) is 0 Å². The fraction of sp³-hybridized carbons (Fsp3) is 0.462. The summed E-state index contributed by atoms with van der Waals surface area (Å²) < 4.78 is 18.1. The summed E-state index contributed by atoms with van der Waals surface area (Å²) in [5, 5.41) is 8.85. The molecule has 0 unspecified atom stereocenters. The number of carbonyl (C=O) groups is 1. The van der Waals surface area contributed by atoms with Gasteiger partial charge in [0.25, 0.3) is 5.91 Å². The van der Waals surface area contributed by atoms with Crippen molar-refractivity contribution in [3.8, 4) is 5.75 Å². The van der Waals surface area contributed by atoms with E-state index in [9.17, 15) is 9.18 Å². The van der Waals surface area contributed by atoms with Crippen molar-refractivity contribution in [2.75, 3.05) is 26.3 Å². The van der Waals surface area contributed by atoms with Crippen molar-refractivity contribution < 1.29 is 19.0 Å². The molecule has 0 heterocycles. The summed E-state index contributed by atoms with van der Waals surface area (Å²) in [6.07, 6.45) is 0.811. The van der Waals surface area contributed by atoms with Crippen LogP contribution in [0.4, 0.5) is 4.39 Å². The number of amides is 1. The molecule has 0 saturated heterocycles. The molecule has 0 saturated carbocycles. The molecule has 5 heteroatoms. The first-order valence-electron chi connectivity index (χ1n) is 5.94. The second kappa shape index (κ2) is 7.66. The Morgan fingerprint density at radius 2 is 2.22 bits per heavy atom. The molecular weight excluding hydrogens is 237 g/mol. The fourth-order valence-corrected chi connectivity index (χ4v) is 1.54. The minimum absolute atomic E-state index is 0.0777. The lowest BCUT2D eigenvalue weighted by molar-refractivity contribution is -0.133. The molecule has 100 valence electrons. The molecule has 4 nitrogen and oxygen atoms in total. The zero-order valence-electron chi connectivity index (χ0n) is 10.4. The number of halogens is 1. The first-order chi connectivity index (χ1) is 8.67. The van der Waals surface area contributed by atoms with Crippen molar-refractivity contribution in [3.05, 3.63) is 30.1 Å². The fourth-order valence-electron chi connectivity index (χ4n) is 1.54. The standard InChI is InChI=1S/C13H18FNO3/c1-2-6-15(7-8-16)13(17)10-18-12-5-3-4-11(14)9-12/h3-5,9,16H,2,6-8,10H2,1H3. The predicted molar refractivity (Wildman–Crippen MR) is 65.9 cm³/mol. The average molecular weight is 255 g/mol. The Hall–Kier alpha value is -1.62. The van der Waals surface area contributed by atoms with Crippen LogP contribution in [0.1, 0.15) is 13.3 Å². The molecule has 0 aliphatic rings. The van der Waals surface area contributed by atoms with Crippen molar-refractivity contribution in [3.63, 3.8) is 0 Å². The molecule has 1 N–H and O–H groups in total. The monoisotopic (exact) mass is 255 g/mol. The number of ether oxygens (including phenoxy) is 1. The molecule has 0 fully saturated rings. The van der Waals surface area contributed by atoms with E-state index in [-0.39, 0.29) is 19.1 Å². The van der Waals surface area contributed by atoms with Crippen LogP contribution in [-0.2, 0) is 4.79 Å². The molecule has 0 atom stereocenters. The molecule has 0 aromatic heterocycles. The van der Waals surface area contributed by atoms with Crippen LogP contribution in [0.2, 0.25) is 0 Å². The lowest BCUT2D eigenvalue weighted by Crippen LogP contribution is -2.37. The number of aliphatic hydroxyl groups is 1. The highest BCUT2D eigenvalue weighted by molar-refractivity contribution is 5.77. The van der Waals surface area contributed by atoms with E-state index in [0.29, 0.717) is 18.8 Å². The van der Waals surface area contributed by atoms with Gasteiger partial charge in [-0.3, -0.25) is 4.79 Å². The Balaban J connectivity index is 2.48. The second-order valence-corrected chi connectivity index (χ2v) is 3.85. The number of aliphatic hydroxyl groups excluding tert-OH is 1. The van der Waals surface area contributed by atoms with Gasteiger partial charge < -0.3 is 14.7 Å². The summed E-state index contributed by atoms with van der Waals surface area (Å²) in [7, 11) is 0. The van der Waals surface area contributed by atoms with Gasteiger partial charge in [0.1, 0.15) is 11.6 Å². The second-order valence-electron chi connectivity index (χ2n) is 3.85. The van der Waals surface area contributed by atoms with E-state index in [1.807, 2.05) is 6.92 Å². The van der Waals surface area contributed by atoms with Crippen LogP contribution in [0.25, 0.3) is 0 Å². The predicted octanol–water partition coefficient (Wildman–Crippen LogP) is 1.44. The Morgan fingerprint density at radius 1 is 1.44 bits per heavy atom. The smallest absolute Gasteiger partial charge is 0.260 e. The Labute approximate surface area is 106 Å². The van der Waals surface area contributed by atoms with Gasteiger partial charge in [-0.1, -0.05) is 13.0 Å². The molecule has 0 bridgehead atoms. The first kappa shape index (κ1) is 14.4. The van der Waals surface area contributed by atoms with Gasteiger partial charge in [-0.15, -0.1) is 0 Å². The minimum atomic E-state index is -0.402. The summed E-state index contributed by atoms with van der Waals surface area (Å²) in [6.45, 7) is 2.59. The van der Waals surface area contributed by atoms with Crippen molar-refractivity contribution >= 4 is 5.91 Å². The molecule has 0 aliphatic heterocycles. The summed E-state index contributed by atoms with van der Waals surface area (Å²) in [6, 6.07) is 5.65. The topological polar surface area (TPSA) is 49.8 Å². The van der Waals surface area contributed by atoms with Gasteiger partial charge in [0.15, 0.2) is 6.61 Å². The van der Waals surface area contributed by atoms with Gasteiger partial charge in [0.05, 0.1) is 6.61 Å². The third-order valence-corrected chi connectivity index (χ3v) is 2.37. The highest BCUT2D eigenvalue weighted by Gasteiger charge is 2.12. The number of rotatable bonds is 7. The summed E-state index contributed by atoms with van der Waals surface area (Å²) in [4.78, 5) is 13.3. The van der Waals surface area contributed by atoms with Gasteiger partial charge in [-0.2, -0.15) is 0 Å². The highest BCUT2D eigenvalue weighted by Crippen LogP contribution is 2.11. The lowest BCUT2D eigenvalue weighted by atomic mass is 10.3. The van der Waals surface area contributed by atoms with E-state index in [1.54, 1.807) is 6.07 Å². The maximum atomic E-state index is 12.9. The molecule has 0 radical (unpaired) electrons. The SMILES string of the molecule is CCCN(CCO)C(=O)COc1cccc(F)c1. The third-order valence-electron chi connectivity index (χ3n) is 2.37. The zero-order chi connectivity index (χ0) is 13.4. The average Bonchev–Trinajstić information content (AvgIpc) is 2.36. The summed E-state index contributed by atoms with van der Waals surface area (Å²) >= 11 is 0. The molecule has 1 aromatic carbocycles. The van der Waals surface area contributed by atoms with E-state index >= 15 is 0 Å². The van der Waals surface area contributed by atoms with Crippen LogP contribution in [-0.4, -0.2) is 42.2 Å². The molecule has 18 heavy (non-hydrogen) atoms. The van der Waals surface area contributed by atoms with Crippen LogP contribution in [0.15, 0.2) is 24.3 Å². The third kappa shape index (κ3) is 4.71. The zero-order valence-corrected chi connectivity index (χ0v) is 10.4. The number of hydrogen-bond acceptors (Lipinski definition) is 3. The van der Waals surface area contributed by atoms with Crippen molar-refractivity contribution in [2.45, 2.75) is 13.3 Å². The van der Waals surface area contributed by atoms with Gasteiger partial charge >= 0.3 is 0 Å². The van der Waals surface area contributed by atoms with E-state index in [0.717, 1.165) is 6.42 Å². The molecule has 1 amide bonds. The quantitative estimate of drug-likeness (QED) is 0.802. The largest absolute Gasteiger partial charge is 0.484 e. The van der Waals surface area contributed by atoms with Crippen LogP contribution in [0, 0.1) is 5.82 Å². The number of hydrogen-bond donors (Lipinski definition) is 1. The summed E-state index contributed by atoms with van der Waals surface area (Å²) in [5.41, 5.74) is 0. The molecule has 1 aromatic rings. The molecule has 0 aliphatic carbocycles. The van der Waals surface area contributed by atoms with Gasteiger partial charge in [0, 0.05) is 19.2 Å². The van der Waals surface area contributed by atoms with E-state index < -0.39 is 5.82 Å². The maximum Gasteiger partial charge on any atom is 0.260 e. The Morgan fingerprint density at radius 3 is 2.83 bits per heavy atom. The van der Waals surface area contributed by atoms with E-state index in [1.165, 1.54) is 23.1 Å². The maximum absolute atomic E-state index is 12.9. The normalized spacial score (nSPS) is 10.2. The van der Waals surface area contributed by atoms with Crippen LogP contribution in [0.3, 0.4) is 0 Å². The Kier molecular flexibility index (Phi) is 6.14. The van der Waals surface area contributed by atoms with Gasteiger partial charge in [-0.25, -0.2) is 4.39 Å². The van der Waals surface area contributed by atoms with Crippen molar-refractivity contribution in [1.82, 2.24) is 4.90 Å². The first-order valence-corrected chi connectivity index (χ1v) is 5.94. The molecular formula is C13H18FNO3. The number of benzene rings is 1. The van der Waals surface area contributed by atoms with Crippen LogP contribution < -0.4 is 4.74 Å². The van der Waals surface area contributed by atoms with E-state index in [2.05, 4.69) is 0 Å². The summed E-state index contributed by atoms with van der Waals surface area (Å²) in [5.74, 6) is -0.292. The lowest BCUT2D eigenvalue weighted by Gasteiger charge is -2.21. The van der Waals surface area contributed by atoms with Crippen LogP contribution in [0.5, 0.6) is 5.75 Å². The number of nitrogens with zero attached hydrogens (tertiary/aromatic N) is 1. The Bertz CT molecular complexity index is 378. The van der Waals surface area contributed by atoms with Gasteiger partial charge in [0.2, 0.25) is 0 Å². The highest BCUT2D eigenvalue weighted by atomic mass is 19.1. The number of carbonyl (C=O) groups excluding carboxylic acids is 1. The van der Waals surface area contributed by atoms with E-state index in [4.69, 9.17) is 9.84 Å². The van der Waals surface area contributed by atoms with Crippen molar-refractivity contribution in [2.24, 2.45) is 0 Å². The van der Waals surface area contributed by atoms with Crippen LogP contribution >= 0.6 is 0 Å².